The van der Waals surface area contributed by atoms with Gasteiger partial charge in [0, 0.05) is 43.6 Å². The molecule has 0 aliphatic rings. The number of aromatic nitrogens is 3. The minimum Gasteiger partial charge on any atom is -0.385 e. The number of methoxy groups -OCH3 is 1. The normalized spacial score (nSPS) is 11.2. The zero-order valence-electron chi connectivity index (χ0n) is 13.8. The van der Waals surface area contributed by atoms with Crippen LogP contribution in [0.1, 0.15) is 6.42 Å². The van der Waals surface area contributed by atoms with Crippen LogP contribution in [0, 0.1) is 0 Å². The first-order chi connectivity index (χ1) is 11.6. The Morgan fingerprint density at radius 3 is 2.88 bits per heavy atom. The van der Waals surface area contributed by atoms with Crippen molar-refractivity contribution >= 4 is 27.7 Å². The molecule has 0 bridgehead atoms. The Morgan fingerprint density at radius 1 is 1.29 bits per heavy atom. The molecule has 7 heteroatoms. The number of para-hydroxylation sites is 1. The van der Waals surface area contributed by atoms with E-state index in [9.17, 15) is 9.59 Å². The molecule has 0 atom stereocenters. The van der Waals surface area contributed by atoms with Gasteiger partial charge in [-0.1, -0.05) is 18.2 Å². The second-order valence-electron chi connectivity index (χ2n) is 5.64. The molecule has 0 spiro atoms. The summed E-state index contributed by atoms with van der Waals surface area (Å²) in [7, 11) is 3.23. The number of rotatable bonds is 6. The molecule has 0 aliphatic carbocycles. The van der Waals surface area contributed by atoms with E-state index in [0.717, 1.165) is 22.7 Å². The molecule has 0 aliphatic heterocycles. The summed E-state index contributed by atoms with van der Waals surface area (Å²) in [5, 5.41) is 8.64. The summed E-state index contributed by atoms with van der Waals surface area (Å²) < 4.78 is 8.02. The summed E-state index contributed by atoms with van der Waals surface area (Å²) >= 11 is 0. The first kappa shape index (κ1) is 16.2. The molecule has 24 heavy (non-hydrogen) atoms. The summed E-state index contributed by atoms with van der Waals surface area (Å²) in [6.07, 6.45) is 2.42. The first-order valence-corrected chi connectivity index (χ1v) is 7.82. The number of benzene rings is 1. The maximum atomic E-state index is 12.5. The number of nitrogens with one attached hydrogen (secondary N) is 1. The first-order valence-electron chi connectivity index (χ1n) is 7.82. The second kappa shape index (κ2) is 6.84. The van der Waals surface area contributed by atoms with Crippen LogP contribution in [0.15, 0.2) is 35.3 Å². The molecule has 7 nitrogen and oxygen atoms in total. The molecule has 0 unspecified atom stereocenters. The molecular weight excluding hydrogens is 308 g/mol. The smallest absolute Gasteiger partial charge is 0.291 e. The third-order valence-corrected chi connectivity index (χ3v) is 4.02. The topological polar surface area (TPSA) is 78.2 Å². The highest BCUT2D eigenvalue weighted by atomic mass is 16.5. The summed E-state index contributed by atoms with van der Waals surface area (Å²) in [5.74, 6) is -0.132. The van der Waals surface area contributed by atoms with Gasteiger partial charge in [-0.3, -0.25) is 9.59 Å². The van der Waals surface area contributed by atoms with Crippen LogP contribution in [0.5, 0.6) is 0 Å². The number of hydrogen-bond donors (Lipinski definition) is 1. The lowest BCUT2D eigenvalue weighted by Crippen LogP contribution is -2.30. The molecule has 3 rings (SSSR count). The number of carbonyl (C=O) groups is 1. The monoisotopic (exact) mass is 328 g/mol. The number of ether oxygens (including phenoxy) is 1. The van der Waals surface area contributed by atoms with Crippen LogP contribution in [-0.2, 0) is 23.1 Å². The molecule has 0 saturated carbocycles. The zero-order valence-corrected chi connectivity index (χ0v) is 13.8. The van der Waals surface area contributed by atoms with Gasteiger partial charge in [-0.05, 0) is 12.5 Å². The van der Waals surface area contributed by atoms with Crippen LogP contribution in [0.2, 0.25) is 0 Å². The highest BCUT2D eigenvalue weighted by Gasteiger charge is 2.16. The maximum Gasteiger partial charge on any atom is 0.291 e. The van der Waals surface area contributed by atoms with Crippen LogP contribution < -0.4 is 10.9 Å². The van der Waals surface area contributed by atoms with E-state index in [-0.39, 0.29) is 18.0 Å². The van der Waals surface area contributed by atoms with Crippen molar-refractivity contribution in [2.45, 2.75) is 13.0 Å². The summed E-state index contributed by atoms with van der Waals surface area (Å²) in [4.78, 5) is 24.8. The average Bonchev–Trinajstić information content (AvgIpc) is 2.90. The van der Waals surface area contributed by atoms with Crippen molar-refractivity contribution in [3.05, 3.63) is 40.8 Å². The van der Waals surface area contributed by atoms with Gasteiger partial charge in [0.15, 0.2) is 0 Å². The van der Waals surface area contributed by atoms with Crippen LogP contribution in [0.3, 0.4) is 0 Å². The van der Waals surface area contributed by atoms with Crippen molar-refractivity contribution < 1.29 is 9.53 Å². The van der Waals surface area contributed by atoms with Crippen LogP contribution in [0.25, 0.3) is 21.8 Å². The predicted octanol–water partition coefficient (Wildman–Crippen LogP) is 1.04. The minimum atomic E-state index is -0.212. The van der Waals surface area contributed by atoms with Gasteiger partial charge < -0.3 is 14.6 Å². The van der Waals surface area contributed by atoms with Gasteiger partial charge in [0.25, 0.3) is 5.56 Å². The molecule has 1 amide bonds. The molecule has 126 valence electrons. The molecule has 0 radical (unpaired) electrons. The Kier molecular flexibility index (Phi) is 4.61. The van der Waals surface area contributed by atoms with E-state index in [0.29, 0.717) is 18.7 Å². The standard InChI is InChI=1S/C17H20N4O3/c1-20-17(23)16-13(10-19-20)12-6-3-4-7-14(12)21(16)11-15(22)18-8-5-9-24-2/h3-4,6-7,10H,5,8-9,11H2,1-2H3,(H,18,22). The minimum absolute atomic E-state index is 0.0935. The number of hydrogen-bond acceptors (Lipinski definition) is 4. The lowest BCUT2D eigenvalue weighted by molar-refractivity contribution is -0.121. The third kappa shape index (κ3) is 2.90. The van der Waals surface area contributed by atoms with Crippen LogP contribution >= 0.6 is 0 Å². The van der Waals surface area contributed by atoms with E-state index in [1.165, 1.54) is 4.68 Å². The Balaban J connectivity index is 2.00. The molecule has 3 aromatic rings. The summed E-state index contributed by atoms with van der Waals surface area (Å²) in [6, 6.07) is 7.65. The number of amides is 1. The summed E-state index contributed by atoms with van der Waals surface area (Å²) in [6.45, 7) is 1.24. The highest BCUT2D eigenvalue weighted by molar-refractivity contribution is 6.07. The molecule has 1 aromatic carbocycles. The Morgan fingerprint density at radius 2 is 2.08 bits per heavy atom. The quantitative estimate of drug-likeness (QED) is 0.686. The molecular formula is C17H20N4O3. The van der Waals surface area contributed by atoms with Gasteiger partial charge in [0.05, 0.1) is 6.20 Å². The van der Waals surface area contributed by atoms with Crippen molar-refractivity contribution in [2.24, 2.45) is 7.05 Å². The van der Waals surface area contributed by atoms with E-state index >= 15 is 0 Å². The fourth-order valence-electron chi connectivity index (χ4n) is 2.85. The molecule has 2 aromatic heterocycles. The van der Waals surface area contributed by atoms with E-state index in [4.69, 9.17) is 4.74 Å². The van der Waals surface area contributed by atoms with Crippen molar-refractivity contribution in [1.82, 2.24) is 19.7 Å². The third-order valence-electron chi connectivity index (χ3n) is 4.02. The number of carbonyl (C=O) groups excluding carboxylic acids is 1. The van der Waals surface area contributed by atoms with Gasteiger partial charge in [-0.15, -0.1) is 0 Å². The number of aryl methyl sites for hydroxylation is 1. The molecule has 0 fully saturated rings. The predicted molar refractivity (Wildman–Crippen MR) is 92.0 cm³/mol. The summed E-state index contributed by atoms with van der Waals surface area (Å²) in [5.41, 5.74) is 1.14. The van der Waals surface area contributed by atoms with E-state index in [1.807, 2.05) is 24.3 Å². The van der Waals surface area contributed by atoms with Crippen LogP contribution in [0.4, 0.5) is 0 Å². The van der Waals surface area contributed by atoms with Gasteiger partial charge in [-0.2, -0.15) is 5.10 Å². The Hall–Kier alpha value is -2.67. The van der Waals surface area contributed by atoms with E-state index in [1.54, 1.807) is 24.9 Å². The molecule has 2 heterocycles. The lowest BCUT2D eigenvalue weighted by atomic mass is 10.2. The number of fused-ring (bicyclic) bond motifs is 3. The molecule has 0 saturated heterocycles. The van der Waals surface area contributed by atoms with E-state index in [2.05, 4.69) is 10.4 Å². The van der Waals surface area contributed by atoms with Crippen molar-refractivity contribution in [3.8, 4) is 0 Å². The van der Waals surface area contributed by atoms with Gasteiger partial charge >= 0.3 is 0 Å². The van der Waals surface area contributed by atoms with Crippen molar-refractivity contribution in [3.63, 3.8) is 0 Å². The second-order valence-corrected chi connectivity index (χ2v) is 5.64. The lowest BCUT2D eigenvalue weighted by Gasteiger charge is -2.08. The Bertz CT molecular complexity index is 942. The Labute approximate surface area is 138 Å². The van der Waals surface area contributed by atoms with Gasteiger partial charge in [-0.25, -0.2) is 4.68 Å². The zero-order chi connectivity index (χ0) is 17.1. The molecule has 1 N–H and O–H groups in total. The fourth-order valence-corrected chi connectivity index (χ4v) is 2.85. The average molecular weight is 328 g/mol. The van der Waals surface area contributed by atoms with Crippen molar-refractivity contribution in [1.29, 1.82) is 0 Å². The number of nitrogens with zero attached hydrogens (tertiary/aromatic N) is 3. The fraction of sp³-hybridized carbons (Fsp3) is 0.353. The van der Waals surface area contributed by atoms with E-state index < -0.39 is 0 Å². The maximum absolute atomic E-state index is 12.5. The van der Waals surface area contributed by atoms with Gasteiger partial charge in [0.1, 0.15) is 12.1 Å². The van der Waals surface area contributed by atoms with Gasteiger partial charge in [0.2, 0.25) is 5.91 Å². The highest BCUT2D eigenvalue weighted by Crippen LogP contribution is 2.25. The van der Waals surface area contributed by atoms with Crippen molar-refractivity contribution in [2.75, 3.05) is 20.3 Å². The van der Waals surface area contributed by atoms with Crippen LogP contribution in [-0.4, -0.2) is 40.5 Å². The SMILES string of the molecule is COCCCNC(=O)Cn1c2ccccc2c2cnn(C)c(=O)c21. The largest absolute Gasteiger partial charge is 0.385 e.